The van der Waals surface area contributed by atoms with Crippen molar-refractivity contribution < 1.29 is 19.7 Å². The van der Waals surface area contributed by atoms with Gasteiger partial charge in [0.25, 0.3) is 0 Å². The van der Waals surface area contributed by atoms with Gasteiger partial charge in [-0.15, -0.1) is 0 Å². The van der Waals surface area contributed by atoms with Crippen LogP contribution < -0.4 is 0 Å². The van der Waals surface area contributed by atoms with Crippen LogP contribution >= 0.6 is 0 Å². The molecule has 0 spiro atoms. The Hall–Kier alpha value is -0.650. The lowest BCUT2D eigenvalue weighted by atomic mass is 9.84. The number of rotatable bonds is 1. The molecule has 1 amide bonds. The van der Waals surface area contributed by atoms with Crippen molar-refractivity contribution >= 4 is 5.91 Å². The van der Waals surface area contributed by atoms with E-state index in [4.69, 9.17) is 4.74 Å². The average Bonchev–Trinajstić information content (AvgIpc) is 2.45. The van der Waals surface area contributed by atoms with Gasteiger partial charge in [-0.25, -0.2) is 0 Å². The number of amides is 1. The van der Waals surface area contributed by atoms with Gasteiger partial charge in [-0.05, 0) is 32.1 Å². The molecule has 2 rings (SSSR count). The van der Waals surface area contributed by atoms with Gasteiger partial charge in [-0.2, -0.15) is 0 Å². The number of aliphatic hydroxyl groups is 2. The smallest absolute Gasteiger partial charge is 0.225 e. The molecule has 2 aliphatic rings. The second-order valence-electron chi connectivity index (χ2n) is 6.72. The Kier molecular flexibility index (Phi) is 7.63. The van der Waals surface area contributed by atoms with Crippen molar-refractivity contribution in [2.45, 2.75) is 70.0 Å². The Morgan fingerprint density at radius 2 is 1.59 bits per heavy atom. The SMILES string of the molecule is O=C(C1CCC1)N1CCCCCCCOC[C@@H](O)[C@@H](O)CC1. The van der Waals surface area contributed by atoms with Gasteiger partial charge in [0, 0.05) is 25.6 Å². The molecule has 2 atom stereocenters. The molecule has 1 heterocycles. The summed E-state index contributed by atoms with van der Waals surface area (Å²) < 4.78 is 5.41. The highest BCUT2D eigenvalue weighted by Gasteiger charge is 2.29. The second kappa shape index (κ2) is 9.48. The molecule has 1 saturated heterocycles. The van der Waals surface area contributed by atoms with Crippen LogP contribution in [-0.4, -0.2) is 59.5 Å². The fraction of sp³-hybridized carbons (Fsp3) is 0.941. The maximum absolute atomic E-state index is 12.5. The lowest BCUT2D eigenvalue weighted by molar-refractivity contribution is -0.139. The topological polar surface area (TPSA) is 70.0 Å². The third kappa shape index (κ3) is 5.52. The van der Waals surface area contributed by atoms with E-state index < -0.39 is 12.2 Å². The number of hydrogen-bond acceptors (Lipinski definition) is 4. The molecule has 0 aromatic heterocycles. The summed E-state index contributed by atoms with van der Waals surface area (Å²) in [6.45, 7) is 2.15. The van der Waals surface area contributed by atoms with Gasteiger partial charge in [0.15, 0.2) is 0 Å². The molecule has 0 radical (unpaired) electrons. The van der Waals surface area contributed by atoms with Crippen LogP contribution in [0.4, 0.5) is 0 Å². The number of ether oxygens (including phenoxy) is 1. The largest absolute Gasteiger partial charge is 0.390 e. The molecule has 5 heteroatoms. The van der Waals surface area contributed by atoms with E-state index in [2.05, 4.69) is 0 Å². The fourth-order valence-corrected chi connectivity index (χ4v) is 3.08. The van der Waals surface area contributed by atoms with Crippen LogP contribution in [0.1, 0.15) is 57.8 Å². The van der Waals surface area contributed by atoms with Gasteiger partial charge < -0.3 is 19.8 Å². The number of hydrogen-bond donors (Lipinski definition) is 2. The van der Waals surface area contributed by atoms with E-state index in [1.54, 1.807) is 0 Å². The van der Waals surface area contributed by atoms with E-state index in [1.165, 1.54) is 6.42 Å². The van der Waals surface area contributed by atoms with E-state index in [-0.39, 0.29) is 18.4 Å². The van der Waals surface area contributed by atoms with Crippen molar-refractivity contribution in [1.29, 1.82) is 0 Å². The Morgan fingerprint density at radius 1 is 0.864 bits per heavy atom. The number of carbonyl (C=O) groups excluding carboxylic acids is 1. The zero-order valence-corrected chi connectivity index (χ0v) is 13.6. The Labute approximate surface area is 133 Å². The normalized spacial score (nSPS) is 30.4. The van der Waals surface area contributed by atoms with E-state index >= 15 is 0 Å². The molecule has 2 N–H and O–H groups in total. The molecule has 0 aromatic rings. The lowest BCUT2D eigenvalue weighted by Gasteiger charge is -2.32. The number of nitrogens with zero attached hydrogens (tertiary/aromatic N) is 1. The van der Waals surface area contributed by atoms with Crippen molar-refractivity contribution in [3.05, 3.63) is 0 Å². The summed E-state index contributed by atoms with van der Waals surface area (Å²) >= 11 is 0. The molecular weight excluding hydrogens is 282 g/mol. The summed E-state index contributed by atoms with van der Waals surface area (Å²) in [7, 11) is 0. The first kappa shape index (κ1) is 17.7. The van der Waals surface area contributed by atoms with Crippen molar-refractivity contribution in [2.75, 3.05) is 26.3 Å². The van der Waals surface area contributed by atoms with Crippen molar-refractivity contribution in [3.63, 3.8) is 0 Å². The van der Waals surface area contributed by atoms with E-state index in [0.717, 1.165) is 51.5 Å². The Bertz CT molecular complexity index is 333. The molecule has 128 valence electrons. The van der Waals surface area contributed by atoms with Crippen molar-refractivity contribution in [1.82, 2.24) is 4.90 Å². The fourth-order valence-electron chi connectivity index (χ4n) is 3.08. The highest BCUT2D eigenvalue weighted by atomic mass is 16.5. The maximum Gasteiger partial charge on any atom is 0.225 e. The van der Waals surface area contributed by atoms with Crippen LogP contribution in [0, 0.1) is 5.92 Å². The van der Waals surface area contributed by atoms with Crippen LogP contribution in [-0.2, 0) is 9.53 Å². The molecule has 1 saturated carbocycles. The quantitative estimate of drug-likeness (QED) is 0.773. The summed E-state index contributed by atoms with van der Waals surface area (Å²) in [5, 5.41) is 19.9. The first-order chi connectivity index (χ1) is 10.7. The first-order valence-corrected chi connectivity index (χ1v) is 8.91. The molecule has 1 aliphatic heterocycles. The second-order valence-corrected chi connectivity index (χ2v) is 6.72. The highest BCUT2D eigenvalue weighted by molar-refractivity contribution is 5.79. The Balaban J connectivity index is 1.87. The lowest BCUT2D eigenvalue weighted by Crippen LogP contribution is -2.42. The monoisotopic (exact) mass is 313 g/mol. The Morgan fingerprint density at radius 3 is 2.32 bits per heavy atom. The van der Waals surface area contributed by atoms with Gasteiger partial charge in [-0.1, -0.05) is 25.7 Å². The summed E-state index contributed by atoms with van der Waals surface area (Å²) in [5.74, 6) is 0.445. The molecule has 1 aliphatic carbocycles. The maximum atomic E-state index is 12.5. The number of aliphatic hydroxyl groups excluding tert-OH is 2. The van der Waals surface area contributed by atoms with Crippen molar-refractivity contribution in [2.24, 2.45) is 5.92 Å². The van der Waals surface area contributed by atoms with E-state index in [0.29, 0.717) is 19.6 Å². The van der Waals surface area contributed by atoms with Crippen LogP contribution in [0.25, 0.3) is 0 Å². The van der Waals surface area contributed by atoms with Gasteiger partial charge in [0.05, 0.1) is 12.7 Å². The minimum absolute atomic E-state index is 0.178. The van der Waals surface area contributed by atoms with Gasteiger partial charge in [0.1, 0.15) is 6.10 Å². The summed E-state index contributed by atoms with van der Waals surface area (Å²) in [6, 6.07) is 0. The third-order valence-corrected chi connectivity index (χ3v) is 4.91. The molecule has 2 fully saturated rings. The van der Waals surface area contributed by atoms with Crippen LogP contribution in [0.5, 0.6) is 0 Å². The van der Waals surface area contributed by atoms with Crippen LogP contribution in [0.3, 0.4) is 0 Å². The predicted octanol–water partition coefficient (Wildman–Crippen LogP) is 1.71. The minimum Gasteiger partial charge on any atom is -0.390 e. The zero-order chi connectivity index (χ0) is 15.8. The zero-order valence-electron chi connectivity index (χ0n) is 13.6. The molecule has 22 heavy (non-hydrogen) atoms. The first-order valence-electron chi connectivity index (χ1n) is 8.91. The average molecular weight is 313 g/mol. The van der Waals surface area contributed by atoms with Gasteiger partial charge in [-0.3, -0.25) is 4.79 Å². The van der Waals surface area contributed by atoms with Crippen LogP contribution in [0.2, 0.25) is 0 Å². The molecular formula is C17H31NO4. The van der Waals surface area contributed by atoms with Gasteiger partial charge in [0.2, 0.25) is 5.91 Å². The summed E-state index contributed by atoms with van der Waals surface area (Å²) in [6.07, 6.45) is 7.36. The van der Waals surface area contributed by atoms with E-state index in [1.807, 2.05) is 4.90 Å². The van der Waals surface area contributed by atoms with E-state index in [9.17, 15) is 15.0 Å². The summed E-state index contributed by atoms with van der Waals surface area (Å²) in [4.78, 5) is 14.4. The molecule has 5 nitrogen and oxygen atoms in total. The molecule has 0 unspecified atom stereocenters. The minimum atomic E-state index is -0.858. The standard InChI is InChI=1S/C17H31NO4/c19-15-9-11-18(17(21)14-7-6-8-14)10-4-2-1-3-5-12-22-13-16(15)20/h14-16,19-20H,1-13H2/t15-,16+/m0/s1. The summed E-state index contributed by atoms with van der Waals surface area (Å²) in [5.41, 5.74) is 0. The number of carbonyl (C=O) groups is 1. The predicted molar refractivity (Wildman–Crippen MR) is 84.5 cm³/mol. The van der Waals surface area contributed by atoms with Gasteiger partial charge >= 0.3 is 0 Å². The third-order valence-electron chi connectivity index (χ3n) is 4.91. The highest BCUT2D eigenvalue weighted by Crippen LogP contribution is 2.28. The van der Waals surface area contributed by atoms with Crippen molar-refractivity contribution in [3.8, 4) is 0 Å². The molecule has 0 bridgehead atoms. The molecule has 0 aromatic carbocycles. The van der Waals surface area contributed by atoms with Crippen LogP contribution in [0.15, 0.2) is 0 Å².